The van der Waals surface area contributed by atoms with Gasteiger partial charge in [-0.2, -0.15) is 0 Å². The number of pyridine rings is 1. The van der Waals surface area contributed by atoms with Crippen LogP contribution in [0.2, 0.25) is 0 Å². The fourth-order valence-electron chi connectivity index (χ4n) is 7.18. The molecule has 0 spiro atoms. The fraction of sp³-hybridized carbons (Fsp3) is 0. The van der Waals surface area contributed by atoms with Gasteiger partial charge in [0.2, 0.25) is 0 Å². The molecule has 3 aromatic heterocycles. The molecule has 238 valence electrons. The lowest BCUT2D eigenvalue weighted by atomic mass is 9.96. The van der Waals surface area contributed by atoms with Crippen molar-refractivity contribution in [1.82, 2.24) is 15.0 Å². The van der Waals surface area contributed by atoms with Crippen LogP contribution in [0.4, 0.5) is 0 Å². The number of thiophene rings is 1. The van der Waals surface area contributed by atoms with Crippen molar-refractivity contribution in [2.24, 2.45) is 0 Å². The molecule has 10 rings (SSSR count). The molecule has 3 heterocycles. The first kappa shape index (κ1) is 29.4. The Morgan fingerprint density at radius 3 is 1.78 bits per heavy atom. The summed E-state index contributed by atoms with van der Waals surface area (Å²) in [5.74, 6) is 0.709. The maximum Gasteiger partial charge on any atom is 0.160 e. The third-order valence-electron chi connectivity index (χ3n) is 9.69. The maximum absolute atomic E-state index is 5.45. The second-order valence-corrected chi connectivity index (χ2v) is 13.8. The smallest absolute Gasteiger partial charge is 0.160 e. The standard InChI is InChI=1S/C47H29N3S/c1-3-13-31(14-4-1)40-29-41(50-47(49-40)34-15-5-2-6-16-34)32-22-24-33(25-23-32)45-44-39-19-9-10-21-43(39)51-46(44)38-27-26-35(28-42(38)48-45)37-20-11-17-30-12-7-8-18-36(30)37/h1-29H. The van der Waals surface area contributed by atoms with Crippen molar-refractivity contribution in [3.05, 3.63) is 176 Å². The maximum atomic E-state index is 5.45. The first-order valence-corrected chi connectivity index (χ1v) is 17.9. The van der Waals surface area contributed by atoms with Crippen molar-refractivity contribution in [2.45, 2.75) is 0 Å². The average Bonchev–Trinajstić information content (AvgIpc) is 3.61. The van der Waals surface area contributed by atoms with Crippen LogP contribution >= 0.6 is 11.3 Å². The highest BCUT2D eigenvalue weighted by atomic mass is 32.1. The first-order chi connectivity index (χ1) is 25.3. The molecule has 0 bridgehead atoms. The summed E-state index contributed by atoms with van der Waals surface area (Å²) < 4.78 is 2.53. The predicted octanol–water partition coefficient (Wildman–Crippen LogP) is 12.9. The summed E-state index contributed by atoms with van der Waals surface area (Å²) in [6.07, 6.45) is 0. The van der Waals surface area contributed by atoms with Gasteiger partial charge in [-0.25, -0.2) is 15.0 Å². The summed E-state index contributed by atoms with van der Waals surface area (Å²) in [7, 11) is 0. The number of nitrogens with zero attached hydrogens (tertiary/aromatic N) is 3. The van der Waals surface area contributed by atoms with Crippen molar-refractivity contribution < 1.29 is 0 Å². The van der Waals surface area contributed by atoms with E-state index in [1.54, 1.807) is 0 Å². The van der Waals surface area contributed by atoms with E-state index in [1.165, 1.54) is 47.5 Å². The fourth-order valence-corrected chi connectivity index (χ4v) is 8.42. The Bertz CT molecular complexity index is 2830. The Hall–Kier alpha value is -6.49. The van der Waals surface area contributed by atoms with Crippen LogP contribution in [0.15, 0.2) is 176 Å². The van der Waals surface area contributed by atoms with Crippen LogP contribution in [0, 0.1) is 0 Å². The molecule has 0 radical (unpaired) electrons. The van der Waals surface area contributed by atoms with Crippen molar-refractivity contribution in [3.63, 3.8) is 0 Å². The molecule has 0 fully saturated rings. The molecular weight excluding hydrogens is 639 g/mol. The number of rotatable bonds is 5. The highest BCUT2D eigenvalue weighted by molar-refractivity contribution is 7.26. The Morgan fingerprint density at radius 1 is 0.392 bits per heavy atom. The molecule has 4 heteroatoms. The Labute approximate surface area is 299 Å². The molecule has 0 amide bonds. The summed E-state index contributed by atoms with van der Waals surface area (Å²) in [4.78, 5) is 15.5. The average molecular weight is 668 g/mol. The van der Waals surface area contributed by atoms with Gasteiger partial charge in [0.1, 0.15) is 0 Å². The van der Waals surface area contributed by atoms with Gasteiger partial charge in [-0.15, -0.1) is 11.3 Å². The molecule has 0 aliphatic carbocycles. The van der Waals surface area contributed by atoms with Gasteiger partial charge in [0.15, 0.2) is 5.82 Å². The summed E-state index contributed by atoms with van der Waals surface area (Å²) in [6, 6.07) is 61.9. The van der Waals surface area contributed by atoms with E-state index in [9.17, 15) is 0 Å². The molecule has 3 nitrogen and oxygen atoms in total. The summed E-state index contributed by atoms with van der Waals surface area (Å²) in [5.41, 5.74) is 10.3. The van der Waals surface area contributed by atoms with E-state index in [-0.39, 0.29) is 0 Å². The van der Waals surface area contributed by atoms with Crippen LogP contribution in [0.3, 0.4) is 0 Å². The van der Waals surface area contributed by atoms with Gasteiger partial charge >= 0.3 is 0 Å². The van der Waals surface area contributed by atoms with Crippen LogP contribution in [0.1, 0.15) is 0 Å². The number of fused-ring (bicyclic) bond motifs is 6. The van der Waals surface area contributed by atoms with Crippen LogP contribution in [-0.4, -0.2) is 15.0 Å². The van der Waals surface area contributed by atoms with Gasteiger partial charge in [-0.1, -0.05) is 158 Å². The molecule has 0 unspecified atom stereocenters. The van der Waals surface area contributed by atoms with Gasteiger partial charge in [-0.3, -0.25) is 0 Å². The topological polar surface area (TPSA) is 38.7 Å². The zero-order valence-electron chi connectivity index (χ0n) is 27.5. The second kappa shape index (κ2) is 12.1. The van der Waals surface area contributed by atoms with Crippen molar-refractivity contribution in [2.75, 3.05) is 0 Å². The molecule has 0 saturated heterocycles. The third kappa shape index (κ3) is 5.16. The van der Waals surface area contributed by atoms with E-state index in [0.717, 1.165) is 44.9 Å². The van der Waals surface area contributed by atoms with Gasteiger partial charge in [0.25, 0.3) is 0 Å². The predicted molar refractivity (Wildman–Crippen MR) is 215 cm³/mol. The van der Waals surface area contributed by atoms with Gasteiger partial charge in [0, 0.05) is 47.8 Å². The minimum atomic E-state index is 0.709. The van der Waals surface area contributed by atoms with Crippen LogP contribution in [-0.2, 0) is 0 Å². The highest BCUT2D eigenvalue weighted by Crippen LogP contribution is 2.44. The molecule has 0 atom stereocenters. The van der Waals surface area contributed by atoms with E-state index in [2.05, 4.69) is 140 Å². The highest BCUT2D eigenvalue weighted by Gasteiger charge is 2.18. The molecule has 7 aromatic carbocycles. The second-order valence-electron chi connectivity index (χ2n) is 12.8. The van der Waals surface area contributed by atoms with Crippen molar-refractivity contribution in [3.8, 4) is 56.3 Å². The van der Waals surface area contributed by atoms with E-state index in [0.29, 0.717) is 5.82 Å². The first-order valence-electron chi connectivity index (χ1n) is 17.1. The third-order valence-corrected chi connectivity index (χ3v) is 10.9. The zero-order chi connectivity index (χ0) is 33.7. The van der Waals surface area contributed by atoms with Crippen LogP contribution < -0.4 is 0 Å². The molecule has 0 aliphatic rings. The van der Waals surface area contributed by atoms with E-state index in [4.69, 9.17) is 15.0 Å². The number of benzene rings is 7. The Morgan fingerprint density at radius 2 is 1.00 bits per heavy atom. The molecule has 51 heavy (non-hydrogen) atoms. The lowest BCUT2D eigenvalue weighted by Gasteiger charge is -2.12. The minimum Gasteiger partial charge on any atom is -0.247 e. The van der Waals surface area contributed by atoms with Gasteiger partial charge < -0.3 is 0 Å². The molecule has 0 saturated carbocycles. The molecule has 10 aromatic rings. The Kier molecular flexibility index (Phi) is 7.00. The van der Waals surface area contributed by atoms with Gasteiger partial charge in [0.05, 0.1) is 22.6 Å². The molecule has 0 aliphatic heterocycles. The Balaban J connectivity index is 1.14. The number of hydrogen-bond donors (Lipinski definition) is 0. The summed E-state index contributed by atoms with van der Waals surface area (Å²) in [6.45, 7) is 0. The largest absolute Gasteiger partial charge is 0.247 e. The number of hydrogen-bond acceptors (Lipinski definition) is 4. The molecular formula is C47H29N3S. The van der Waals surface area contributed by atoms with Crippen molar-refractivity contribution in [1.29, 1.82) is 0 Å². The zero-order valence-corrected chi connectivity index (χ0v) is 28.3. The monoisotopic (exact) mass is 667 g/mol. The summed E-state index contributed by atoms with van der Waals surface area (Å²) >= 11 is 1.85. The minimum absolute atomic E-state index is 0.709. The number of aromatic nitrogens is 3. The van der Waals surface area contributed by atoms with Crippen LogP contribution in [0.25, 0.3) is 98.1 Å². The van der Waals surface area contributed by atoms with Crippen molar-refractivity contribution >= 4 is 53.2 Å². The lowest BCUT2D eigenvalue weighted by molar-refractivity contribution is 1.18. The van der Waals surface area contributed by atoms with Gasteiger partial charge in [-0.05, 0) is 40.1 Å². The van der Waals surface area contributed by atoms with E-state index < -0.39 is 0 Å². The van der Waals surface area contributed by atoms with E-state index in [1.807, 2.05) is 47.7 Å². The molecule has 0 N–H and O–H groups in total. The SMILES string of the molecule is c1ccc(-c2cc(-c3ccc(-c4nc5cc(-c6cccc7ccccc67)ccc5c5sc6ccccc6c45)cc3)nc(-c3ccccc3)n2)cc1. The normalized spacial score (nSPS) is 11.5. The summed E-state index contributed by atoms with van der Waals surface area (Å²) in [5, 5.41) is 6.10. The van der Waals surface area contributed by atoms with Crippen LogP contribution in [0.5, 0.6) is 0 Å². The lowest BCUT2D eigenvalue weighted by Crippen LogP contribution is -1.96. The quantitative estimate of drug-likeness (QED) is 0.183. The van der Waals surface area contributed by atoms with E-state index >= 15 is 0 Å².